The van der Waals surface area contributed by atoms with E-state index in [9.17, 15) is 13.2 Å². The summed E-state index contributed by atoms with van der Waals surface area (Å²) in [7, 11) is -2.27. The summed E-state index contributed by atoms with van der Waals surface area (Å²) in [4.78, 5) is 14.0. The Kier molecular flexibility index (Phi) is 5.55. The molecule has 1 amide bonds. The first-order valence-corrected chi connectivity index (χ1v) is 10.6. The topological polar surface area (TPSA) is 89.7 Å². The van der Waals surface area contributed by atoms with Crippen LogP contribution in [0.25, 0.3) is 11.3 Å². The van der Waals surface area contributed by atoms with Crippen molar-refractivity contribution in [3.05, 3.63) is 29.5 Å². The smallest absolute Gasteiger partial charge is 0.223 e. The molecule has 3 rings (SSSR count). The number of carbonyl (C=O) groups excluding carboxylic acids is 1. The largest absolute Gasteiger partial charge is 0.495 e. The molecule has 0 bridgehead atoms. The number of carbonyl (C=O) groups is 1. The second-order valence-corrected chi connectivity index (χ2v) is 8.82. The Labute approximate surface area is 159 Å². The van der Waals surface area contributed by atoms with Gasteiger partial charge in [-0.1, -0.05) is 5.16 Å². The number of sulfone groups is 1. The summed E-state index contributed by atoms with van der Waals surface area (Å²) in [5.41, 5.74) is 2.22. The molecule has 2 heterocycles. The fourth-order valence-corrected chi connectivity index (χ4v) is 4.63. The van der Waals surface area contributed by atoms with E-state index >= 15 is 0 Å². The Morgan fingerprint density at radius 1 is 1.26 bits per heavy atom. The van der Waals surface area contributed by atoms with Crippen LogP contribution in [-0.4, -0.2) is 50.3 Å². The third kappa shape index (κ3) is 4.00. The predicted octanol–water partition coefficient (Wildman–Crippen LogP) is 2.75. The predicted molar refractivity (Wildman–Crippen MR) is 100 cm³/mol. The number of methoxy groups -OCH3 is 1. The van der Waals surface area contributed by atoms with E-state index in [-0.39, 0.29) is 28.7 Å². The molecule has 1 saturated heterocycles. The SMILES string of the molecule is COc1ccc(-c2onc(C)c2C)cc1S(=O)(=O)CCC(=O)N1CCCC1. The fourth-order valence-electron chi connectivity index (χ4n) is 3.20. The number of likely N-dealkylation sites (tertiary alicyclic amines) is 1. The standard InChI is InChI=1S/C19H24N2O5S/c1-13-14(2)20-26-19(13)15-6-7-16(25-3)17(12-15)27(23,24)11-8-18(22)21-9-4-5-10-21/h6-7,12H,4-5,8-11H2,1-3H3. The fraction of sp³-hybridized carbons (Fsp3) is 0.474. The van der Waals surface area contributed by atoms with Gasteiger partial charge in [-0.15, -0.1) is 0 Å². The summed E-state index contributed by atoms with van der Waals surface area (Å²) in [6, 6.07) is 4.86. The van der Waals surface area contributed by atoms with Gasteiger partial charge in [0.05, 0.1) is 18.6 Å². The molecule has 1 aromatic carbocycles. The van der Waals surface area contributed by atoms with E-state index in [1.807, 2.05) is 13.8 Å². The van der Waals surface area contributed by atoms with Gasteiger partial charge in [-0.2, -0.15) is 0 Å². The maximum Gasteiger partial charge on any atom is 0.223 e. The van der Waals surface area contributed by atoms with Gasteiger partial charge in [-0.05, 0) is 44.9 Å². The molecule has 7 nitrogen and oxygen atoms in total. The van der Waals surface area contributed by atoms with Gasteiger partial charge >= 0.3 is 0 Å². The lowest BCUT2D eigenvalue weighted by Gasteiger charge is -2.15. The molecule has 0 saturated carbocycles. The Hall–Kier alpha value is -2.35. The summed E-state index contributed by atoms with van der Waals surface area (Å²) in [5.74, 6) is 0.408. The zero-order valence-electron chi connectivity index (χ0n) is 15.8. The van der Waals surface area contributed by atoms with Crippen molar-refractivity contribution in [2.24, 2.45) is 0 Å². The first kappa shape index (κ1) is 19.4. The number of ether oxygens (including phenoxy) is 1. The molecule has 0 spiro atoms. The minimum absolute atomic E-state index is 0.0316. The van der Waals surface area contributed by atoms with E-state index in [0.29, 0.717) is 24.4 Å². The van der Waals surface area contributed by atoms with Gasteiger partial charge < -0.3 is 14.2 Å². The molecule has 1 aliphatic rings. The maximum absolute atomic E-state index is 12.9. The molecular formula is C19H24N2O5S. The molecule has 27 heavy (non-hydrogen) atoms. The van der Waals surface area contributed by atoms with Gasteiger partial charge in [0.25, 0.3) is 0 Å². The van der Waals surface area contributed by atoms with Crippen LogP contribution in [0.1, 0.15) is 30.5 Å². The van der Waals surface area contributed by atoms with Crippen molar-refractivity contribution in [1.82, 2.24) is 10.1 Å². The number of aromatic nitrogens is 1. The van der Waals surface area contributed by atoms with Crippen molar-refractivity contribution in [2.75, 3.05) is 26.0 Å². The number of amides is 1. The van der Waals surface area contributed by atoms with Gasteiger partial charge in [0, 0.05) is 30.6 Å². The molecule has 1 fully saturated rings. The van der Waals surface area contributed by atoms with Gasteiger partial charge in [0.1, 0.15) is 10.6 Å². The number of benzene rings is 1. The Balaban J connectivity index is 1.87. The minimum Gasteiger partial charge on any atom is -0.495 e. The Morgan fingerprint density at radius 3 is 2.56 bits per heavy atom. The average Bonchev–Trinajstić information content (AvgIpc) is 3.30. The van der Waals surface area contributed by atoms with Crippen LogP contribution in [0.15, 0.2) is 27.6 Å². The van der Waals surface area contributed by atoms with Crippen molar-refractivity contribution in [3.63, 3.8) is 0 Å². The highest BCUT2D eigenvalue weighted by Crippen LogP contribution is 2.33. The van der Waals surface area contributed by atoms with Crippen molar-refractivity contribution < 1.29 is 22.5 Å². The van der Waals surface area contributed by atoms with Crippen LogP contribution in [0.5, 0.6) is 5.75 Å². The monoisotopic (exact) mass is 392 g/mol. The van der Waals surface area contributed by atoms with E-state index in [2.05, 4.69) is 5.16 Å². The number of hydrogen-bond acceptors (Lipinski definition) is 6. The maximum atomic E-state index is 12.9. The van der Waals surface area contributed by atoms with Crippen LogP contribution in [-0.2, 0) is 14.6 Å². The minimum atomic E-state index is -3.70. The second kappa shape index (κ2) is 7.72. The summed E-state index contributed by atoms with van der Waals surface area (Å²) in [6.07, 6.45) is 1.92. The van der Waals surface area contributed by atoms with E-state index in [1.54, 1.807) is 17.0 Å². The zero-order valence-corrected chi connectivity index (χ0v) is 16.6. The van der Waals surface area contributed by atoms with Crippen LogP contribution < -0.4 is 4.74 Å². The first-order valence-electron chi connectivity index (χ1n) is 8.95. The van der Waals surface area contributed by atoms with Gasteiger partial charge in [0.15, 0.2) is 15.6 Å². The van der Waals surface area contributed by atoms with E-state index < -0.39 is 9.84 Å². The van der Waals surface area contributed by atoms with Gasteiger partial charge in [-0.3, -0.25) is 4.79 Å². The molecule has 0 radical (unpaired) electrons. The quantitative estimate of drug-likeness (QED) is 0.751. The van der Waals surface area contributed by atoms with Gasteiger partial charge in [-0.25, -0.2) is 8.42 Å². The summed E-state index contributed by atoms with van der Waals surface area (Å²) in [6.45, 7) is 5.12. The van der Waals surface area contributed by atoms with Crippen molar-refractivity contribution in [2.45, 2.75) is 38.0 Å². The number of nitrogens with zero attached hydrogens (tertiary/aromatic N) is 2. The molecule has 1 aromatic heterocycles. The van der Waals surface area contributed by atoms with Gasteiger partial charge in [0.2, 0.25) is 5.91 Å². The lowest BCUT2D eigenvalue weighted by atomic mass is 10.1. The summed E-state index contributed by atoms with van der Waals surface area (Å²) >= 11 is 0. The molecule has 0 unspecified atom stereocenters. The van der Waals surface area contributed by atoms with Crippen LogP contribution in [0, 0.1) is 13.8 Å². The number of rotatable bonds is 6. The van der Waals surface area contributed by atoms with Crippen LogP contribution in [0.4, 0.5) is 0 Å². The molecular weight excluding hydrogens is 368 g/mol. The van der Waals surface area contributed by atoms with E-state index in [0.717, 1.165) is 24.1 Å². The van der Waals surface area contributed by atoms with Crippen molar-refractivity contribution in [1.29, 1.82) is 0 Å². The lowest BCUT2D eigenvalue weighted by Crippen LogP contribution is -2.29. The summed E-state index contributed by atoms with van der Waals surface area (Å²) < 4.78 is 36.4. The first-order chi connectivity index (χ1) is 12.8. The molecule has 1 aliphatic heterocycles. The van der Waals surface area contributed by atoms with Crippen LogP contribution in [0.3, 0.4) is 0 Å². The average molecular weight is 392 g/mol. The Bertz CT molecular complexity index is 943. The Morgan fingerprint density at radius 2 is 1.96 bits per heavy atom. The molecule has 2 aromatic rings. The highest BCUT2D eigenvalue weighted by Gasteiger charge is 2.25. The highest BCUT2D eigenvalue weighted by molar-refractivity contribution is 7.91. The molecule has 8 heteroatoms. The highest BCUT2D eigenvalue weighted by atomic mass is 32.2. The van der Waals surface area contributed by atoms with Crippen LogP contribution in [0.2, 0.25) is 0 Å². The molecule has 0 aliphatic carbocycles. The third-order valence-corrected chi connectivity index (χ3v) is 6.69. The zero-order chi connectivity index (χ0) is 19.6. The van der Waals surface area contributed by atoms with Crippen LogP contribution >= 0.6 is 0 Å². The summed E-state index contributed by atoms with van der Waals surface area (Å²) in [5, 5.41) is 3.92. The molecule has 146 valence electrons. The normalized spacial score (nSPS) is 14.6. The lowest BCUT2D eigenvalue weighted by molar-refractivity contribution is -0.129. The van der Waals surface area contributed by atoms with Crippen molar-refractivity contribution >= 4 is 15.7 Å². The van der Waals surface area contributed by atoms with Crippen molar-refractivity contribution in [3.8, 4) is 17.1 Å². The van der Waals surface area contributed by atoms with E-state index in [1.165, 1.54) is 13.2 Å². The number of hydrogen-bond donors (Lipinski definition) is 0. The van der Waals surface area contributed by atoms with E-state index in [4.69, 9.17) is 9.26 Å². The molecule has 0 N–H and O–H groups in total. The molecule has 0 atom stereocenters. The number of aryl methyl sites for hydroxylation is 1. The second-order valence-electron chi connectivity index (χ2n) is 6.74. The third-order valence-electron chi connectivity index (χ3n) is 4.96.